The lowest BCUT2D eigenvalue weighted by Crippen LogP contribution is -2.08. The van der Waals surface area contributed by atoms with Crippen LogP contribution in [-0.4, -0.2) is 24.3 Å². The van der Waals surface area contributed by atoms with Crippen molar-refractivity contribution in [3.63, 3.8) is 0 Å². The van der Waals surface area contributed by atoms with E-state index in [1.54, 1.807) is 24.0 Å². The Bertz CT molecular complexity index is 1120. The number of anilines is 1. The third-order valence-corrected chi connectivity index (χ3v) is 4.02. The van der Waals surface area contributed by atoms with Crippen molar-refractivity contribution < 1.29 is 4.42 Å². The van der Waals surface area contributed by atoms with E-state index in [4.69, 9.17) is 4.42 Å². The minimum absolute atomic E-state index is 0.362. The average Bonchev–Trinajstić information content (AvgIpc) is 3.06. The number of benzene rings is 1. The number of oxazole rings is 1. The highest BCUT2D eigenvalue weighted by atomic mass is 16.4. The van der Waals surface area contributed by atoms with Crippen LogP contribution in [0, 0.1) is 6.92 Å². The van der Waals surface area contributed by atoms with E-state index in [2.05, 4.69) is 20.4 Å². The molecule has 0 radical (unpaired) electrons. The van der Waals surface area contributed by atoms with Crippen LogP contribution in [0.4, 0.5) is 5.82 Å². The predicted molar refractivity (Wildman–Crippen MR) is 89.8 cm³/mol. The molecule has 0 saturated carbocycles. The van der Waals surface area contributed by atoms with Gasteiger partial charge in [0, 0.05) is 20.6 Å². The van der Waals surface area contributed by atoms with E-state index in [0.717, 1.165) is 27.9 Å². The maximum Gasteiger partial charge on any atom is 0.419 e. The maximum absolute atomic E-state index is 11.6. The summed E-state index contributed by atoms with van der Waals surface area (Å²) < 4.78 is 8.37. The number of nitrogens with zero attached hydrogens (tertiary/aromatic N) is 5. The van der Waals surface area contributed by atoms with Gasteiger partial charge in [-0.3, -0.25) is 9.25 Å². The Kier molecular flexibility index (Phi) is 3.12. The van der Waals surface area contributed by atoms with Gasteiger partial charge in [-0.25, -0.2) is 14.8 Å². The van der Waals surface area contributed by atoms with Crippen molar-refractivity contribution in [1.82, 2.24) is 24.3 Å². The molecule has 0 saturated heterocycles. The maximum atomic E-state index is 11.6. The van der Waals surface area contributed by atoms with Crippen LogP contribution in [-0.2, 0) is 20.6 Å². The van der Waals surface area contributed by atoms with Crippen LogP contribution in [0.5, 0.6) is 0 Å². The fraction of sp³-hybridized carbons (Fsp3) is 0.250. The normalized spacial score (nSPS) is 11.5. The zero-order chi connectivity index (χ0) is 16.8. The van der Waals surface area contributed by atoms with Crippen LogP contribution in [0.3, 0.4) is 0 Å². The first-order valence-corrected chi connectivity index (χ1v) is 7.51. The predicted octanol–water partition coefficient (Wildman–Crippen LogP) is 1.73. The number of aryl methyl sites for hydroxylation is 3. The van der Waals surface area contributed by atoms with E-state index in [0.29, 0.717) is 18.0 Å². The molecule has 8 nitrogen and oxygen atoms in total. The Morgan fingerprint density at radius 3 is 2.92 bits per heavy atom. The molecule has 0 atom stereocenters. The molecule has 0 amide bonds. The van der Waals surface area contributed by atoms with E-state index in [1.165, 1.54) is 4.57 Å². The smallest absolute Gasteiger partial charge is 0.408 e. The Morgan fingerprint density at radius 1 is 1.25 bits per heavy atom. The molecule has 0 aliphatic carbocycles. The number of aromatic nitrogens is 5. The second kappa shape index (κ2) is 5.19. The molecule has 0 aliphatic rings. The Hall–Kier alpha value is -3.16. The van der Waals surface area contributed by atoms with Gasteiger partial charge in [0.1, 0.15) is 11.6 Å². The van der Waals surface area contributed by atoms with Gasteiger partial charge in [-0.15, -0.1) is 0 Å². The van der Waals surface area contributed by atoms with E-state index in [9.17, 15) is 4.79 Å². The summed E-state index contributed by atoms with van der Waals surface area (Å²) >= 11 is 0. The van der Waals surface area contributed by atoms with Crippen LogP contribution < -0.4 is 11.1 Å². The van der Waals surface area contributed by atoms with Crippen LogP contribution in [0.2, 0.25) is 0 Å². The monoisotopic (exact) mass is 324 g/mol. The molecule has 24 heavy (non-hydrogen) atoms. The fourth-order valence-corrected chi connectivity index (χ4v) is 2.73. The van der Waals surface area contributed by atoms with Gasteiger partial charge in [0.25, 0.3) is 0 Å². The summed E-state index contributed by atoms with van der Waals surface area (Å²) in [6.07, 6.45) is 1.75. The molecule has 122 valence electrons. The largest absolute Gasteiger partial charge is 0.419 e. The molecular formula is C16H16N6O2. The molecular weight excluding hydrogens is 308 g/mol. The lowest BCUT2D eigenvalue weighted by molar-refractivity contribution is 0.528. The van der Waals surface area contributed by atoms with Crippen molar-refractivity contribution in [2.24, 2.45) is 14.1 Å². The molecule has 0 spiro atoms. The summed E-state index contributed by atoms with van der Waals surface area (Å²) in [5.74, 6) is 1.06. The number of fused-ring (bicyclic) bond motifs is 2. The van der Waals surface area contributed by atoms with Crippen molar-refractivity contribution in [1.29, 1.82) is 0 Å². The Morgan fingerprint density at radius 2 is 2.08 bits per heavy atom. The van der Waals surface area contributed by atoms with E-state index in [-0.39, 0.29) is 5.76 Å². The van der Waals surface area contributed by atoms with Crippen molar-refractivity contribution in [2.75, 3.05) is 5.32 Å². The SMILES string of the molecule is Cc1nc(NCc2ccc3oc(=O)n(C)c3c2)c2cnn(C)c2n1. The quantitative estimate of drug-likeness (QED) is 0.617. The molecule has 1 aromatic carbocycles. The van der Waals surface area contributed by atoms with Crippen molar-refractivity contribution >= 4 is 28.0 Å². The Labute approximate surface area is 136 Å². The minimum Gasteiger partial charge on any atom is -0.408 e. The van der Waals surface area contributed by atoms with Gasteiger partial charge in [0.15, 0.2) is 11.2 Å². The van der Waals surface area contributed by atoms with Gasteiger partial charge in [-0.05, 0) is 24.6 Å². The number of hydrogen-bond acceptors (Lipinski definition) is 6. The molecule has 3 aromatic heterocycles. The highest BCUT2D eigenvalue weighted by molar-refractivity contribution is 5.86. The molecule has 4 aromatic rings. The fourth-order valence-electron chi connectivity index (χ4n) is 2.73. The minimum atomic E-state index is -0.362. The molecule has 4 rings (SSSR count). The van der Waals surface area contributed by atoms with Crippen LogP contribution in [0.25, 0.3) is 22.1 Å². The van der Waals surface area contributed by atoms with Gasteiger partial charge in [-0.2, -0.15) is 5.10 Å². The summed E-state index contributed by atoms with van der Waals surface area (Å²) in [6.45, 7) is 2.42. The van der Waals surface area contributed by atoms with Gasteiger partial charge in [-0.1, -0.05) is 6.07 Å². The first-order chi connectivity index (χ1) is 11.5. The van der Waals surface area contributed by atoms with Gasteiger partial charge in [0.05, 0.1) is 17.1 Å². The molecule has 1 N–H and O–H groups in total. The van der Waals surface area contributed by atoms with Crippen molar-refractivity contribution in [3.8, 4) is 0 Å². The summed E-state index contributed by atoms with van der Waals surface area (Å²) in [6, 6.07) is 5.66. The molecule has 0 aliphatic heterocycles. The van der Waals surface area contributed by atoms with Crippen LogP contribution >= 0.6 is 0 Å². The lowest BCUT2D eigenvalue weighted by Gasteiger charge is -2.08. The molecule has 0 bridgehead atoms. The first kappa shape index (κ1) is 14.4. The number of hydrogen-bond donors (Lipinski definition) is 1. The summed E-state index contributed by atoms with van der Waals surface area (Å²) in [7, 11) is 3.55. The average molecular weight is 324 g/mol. The van der Waals surface area contributed by atoms with E-state index >= 15 is 0 Å². The molecule has 3 heterocycles. The topological polar surface area (TPSA) is 90.8 Å². The summed E-state index contributed by atoms with van der Waals surface area (Å²) in [5.41, 5.74) is 3.16. The van der Waals surface area contributed by atoms with E-state index < -0.39 is 0 Å². The number of rotatable bonds is 3. The third kappa shape index (κ3) is 2.23. The van der Waals surface area contributed by atoms with Crippen molar-refractivity contribution in [2.45, 2.75) is 13.5 Å². The second-order valence-corrected chi connectivity index (χ2v) is 5.71. The highest BCUT2D eigenvalue weighted by Gasteiger charge is 2.10. The first-order valence-electron chi connectivity index (χ1n) is 7.51. The van der Waals surface area contributed by atoms with Crippen LogP contribution in [0.15, 0.2) is 33.6 Å². The van der Waals surface area contributed by atoms with E-state index in [1.807, 2.05) is 26.1 Å². The number of nitrogens with one attached hydrogen (secondary N) is 1. The molecule has 0 unspecified atom stereocenters. The lowest BCUT2D eigenvalue weighted by atomic mass is 10.2. The highest BCUT2D eigenvalue weighted by Crippen LogP contribution is 2.21. The van der Waals surface area contributed by atoms with Gasteiger partial charge in [0.2, 0.25) is 0 Å². The zero-order valence-electron chi connectivity index (χ0n) is 13.6. The molecule has 0 fully saturated rings. The van der Waals surface area contributed by atoms with Crippen LogP contribution in [0.1, 0.15) is 11.4 Å². The van der Waals surface area contributed by atoms with Crippen molar-refractivity contribution in [3.05, 3.63) is 46.3 Å². The summed E-state index contributed by atoms with van der Waals surface area (Å²) in [4.78, 5) is 20.4. The standard InChI is InChI=1S/C16H16N6O2/c1-9-19-14(11-8-18-22(3)15(11)20-9)17-7-10-4-5-13-12(6-10)21(2)16(23)24-13/h4-6,8H,7H2,1-3H3,(H,17,19,20). The zero-order valence-corrected chi connectivity index (χ0v) is 13.6. The molecule has 8 heteroatoms. The second-order valence-electron chi connectivity index (χ2n) is 5.71. The summed E-state index contributed by atoms with van der Waals surface area (Å²) in [5, 5.41) is 8.43. The Balaban J connectivity index is 1.68. The van der Waals surface area contributed by atoms with Gasteiger partial charge < -0.3 is 9.73 Å². The van der Waals surface area contributed by atoms with Gasteiger partial charge >= 0.3 is 5.76 Å². The third-order valence-electron chi connectivity index (χ3n) is 4.02.